The van der Waals surface area contributed by atoms with Crippen molar-refractivity contribution >= 4 is 23.2 Å². The molecule has 1 saturated carbocycles. The molecule has 1 fully saturated rings. The molecule has 0 bridgehead atoms. The van der Waals surface area contributed by atoms with Gasteiger partial charge in [0.15, 0.2) is 5.82 Å². The lowest BCUT2D eigenvalue weighted by molar-refractivity contribution is 0.0772. The number of hydrogen-bond acceptors (Lipinski definition) is 3. The summed E-state index contributed by atoms with van der Waals surface area (Å²) in [5.41, 5.74) is 2.77. The smallest absolute Gasteiger partial charge is 0.160 e. The van der Waals surface area contributed by atoms with E-state index in [4.69, 9.17) is 27.9 Å². The Morgan fingerprint density at radius 3 is 2.14 bits per heavy atom. The van der Waals surface area contributed by atoms with E-state index in [0.29, 0.717) is 27.6 Å². The van der Waals surface area contributed by atoms with E-state index in [9.17, 15) is 0 Å². The molecule has 5 heteroatoms. The zero-order valence-corrected chi connectivity index (χ0v) is 13.4. The summed E-state index contributed by atoms with van der Waals surface area (Å²) in [5.74, 6) is 1.05. The van der Waals surface area contributed by atoms with Crippen molar-refractivity contribution in [1.82, 2.24) is 9.97 Å². The minimum absolute atomic E-state index is 0.118. The van der Waals surface area contributed by atoms with Gasteiger partial charge < -0.3 is 4.74 Å². The van der Waals surface area contributed by atoms with Crippen LogP contribution < -0.4 is 0 Å². The highest BCUT2D eigenvalue weighted by Gasteiger charge is 2.35. The first-order valence-corrected chi connectivity index (χ1v) is 7.68. The highest BCUT2D eigenvalue weighted by Crippen LogP contribution is 2.43. The Hall–Kier alpha value is -1.16. The van der Waals surface area contributed by atoms with Crippen LogP contribution in [0.4, 0.5) is 0 Å². The summed E-state index contributed by atoms with van der Waals surface area (Å²) in [5, 5.41) is 0.744. The van der Waals surface area contributed by atoms with Gasteiger partial charge in [0.25, 0.3) is 0 Å². The maximum Gasteiger partial charge on any atom is 0.160 e. The van der Waals surface area contributed by atoms with Crippen LogP contribution in [0.1, 0.15) is 30.3 Å². The second-order valence-electron chi connectivity index (χ2n) is 5.40. The SMILES string of the molecule is COC(c1nc(Cl)c(-c2ccc(C)cc2)c(Cl)n1)C1CC1. The van der Waals surface area contributed by atoms with Gasteiger partial charge in [-0.1, -0.05) is 53.0 Å². The van der Waals surface area contributed by atoms with Crippen LogP contribution in [0.5, 0.6) is 0 Å². The summed E-state index contributed by atoms with van der Waals surface area (Å²) in [6.07, 6.45) is 2.15. The van der Waals surface area contributed by atoms with E-state index in [1.165, 1.54) is 5.56 Å². The predicted octanol–water partition coefficient (Wildman–Crippen LogP) is 4.86. The van der Waals surface area contributed by atoms with Gasteiger partial charge in [-0.2, -0.15) is 0 Å². The number of benzene rings is 1. The van der Waals surface area contributed by atoms with Crippen LogP contribution >= 0.6 is 23.2 Å². The minimum atomic E-state index is -0.118. The third-order valence-electron chi connectivity index (χ3n) is 3.74. The number of rotatable bonds is 4. The van der Waals surface area contributed by atoms with Crippen molar-refractivity contribution in [2.45, 2.75) is 25.9 Å². The molecule has 1 aromatic heterocycles. The Labute approximate surface area is 134 Å². The summed E-state index contributed by atoms with van der Waals surface area (Å²) in [6.45, 7) is 2.03. The van der Waals surface area contributed by atoms with Crippen molar-refractivity contribution in [3.63, 3.8) is 0 Å². The molecule has 0 saturated heterocycles. The molecular formula is C16H16Cl2N2O. The van der Waals surface area contributed by atoms with E-state index in [-0.39, 0.29) is 6.10 Å². The third-order valence-corrected chi connectivity index (χ3v) is 4.28. The topological polar surface area (TPSA) is 35.0 Å². The third kappa shape index (κ3) is 3.05. The summed E-state index contributed by atoms with van der Waals surface area (Å²) in [7, 11) is 1.67. The standard InChI is InChI=1S/C16H16Cl2N2O/c1-9-3-5-10(6-4-9)12-14(17)19-16(20-15(12)18)13(21-2)11-7-8-11/h3-6,11,13H,7-8H2,1-2H3. The van der Waals surface area contributed by atoms with Crippen LogP contribution in [0.2, 0.25) is 10.3 Å². The fourth-order valence-corrected chi connectivity index (χ4v) is 3.04. The van der Waals surface area contributed by atoms with Gasteiger partial charge in [0.1, 0.15) is 16.4 Å². The Morgan fingerprint density at radius 1 is 1.10 bits per heavy atom. The van der Waals surface area contributed by atoms with E-state index in [2.05, 4.69) is 9.97 Å². The lowest BCUT2D eigenvalue weighted by Gasteiger charge is -2.15. The normalized spacial score (nSPS) is 16.0. The number of ether oxygens (including phenoxy) is 1. The second kappa shape index (κ2) is 5.91. The predicted molar refractivity (Wildman–Crippen MR) is 84.7 cm³/mol. The lowest BCUT2D eigenvalue weighted by atomic mass is 10.1. The van der Waals surface area contributed by atoms with E-state index in [0.717, 1.165) is 18.4 Å². The van der Waals surface area contributed by atoms with Gasteiger partial charge in [-0.05, 0) is 31.2 Å². The molecule has 110 valence electrons. The number of aromatic nitrogens is 2. The molecule has 2 aromatic rings. The number of methoxy groups -OCH3 is 1. The maximum atomic E-state index is 6.34. The van der Waals surface area contributed by atoms with Crippen LogP contribution in [-0.4, -0.2) is 17.1 Å². The van der Waals surface area contributed by atoms with Gasteiger partial charge in [0.05, 0.1) is 5.56 Å². The van der Waals surface area contributed by atoms with Crippen molar-refractivity contribution in [3.05, 3.63) is 46.0 Å². The van der Waals surface area contributed by atoms with Gasteiger partial charge >= 0.3 is 0 Å². The van der Waals surface area contributed by atoms with Gasteiger partial charge in [0.2, 0.25) is 0 Å². The Kier molecular flexibility index (Phi) is 4.16. The van der Waals surface area contributed by atoms with Crippen molar-refractivity contribution in [2.75, 3.05) is 7.11 Å². The molecule has 1 unspecified atom stereocenters. The average Bonchev–Trinajstić information content (AvgIpc) is 3.26. The Morgan fingerprint density at radius 2 is 1.67 bits per heavy atom. The first-order valence-electron chi connectivity index (χ1n) is 6.93. The fraction of sp³-hybridized carbons (Fsp3) is 0.375. The van der Waals surface area contributed by atoms with Gasteiger partial charge in [0, 0.05) is 7.11 Å². The van der Waals surface area contributed by atoms with Crippen molar-refractivity contribution < 1.29 is 4.74 Å². The molecule has 0 N–H and O–H groups in total. The van der Waals surface area contributed by atoms with E-state index in [1.807, 2.05) is 31.2 Å². The van der Waals surface area contributed by atoms with Crippen LogP contribution in [0.15, 0.2) is 24.3 Å². The fourth-order valence-electron chi connectivity index (χ4n) is 2.42. The average molecular weight is 323 g/mol. The molecule has 3 nitrogen and oxygen atoms in total. The molecule has 1 atom stereocenters. The Balaban J connectivity index is 2.01. The Bertz CT molecular complexity index is 631. The largest absolute Gasteiger partial charge is 0.373 e. The zero-order valence-electron chi connectivity index (χ0n) is 11.9. The van der Waals surface area contributed by atoms with Crippen molar-refractivity contribution in [1.29, 1.82) is 0 Å². The van der Waals surface area contributed by atoms with Crippen molar-refractivity contribution in [3.8, 4) is 11.1 Å². The first kappa shape index (κ1) is 14.8. The summed E-state index contributed by atoms with van der Waals surface area (Å²) in [4.78, 5) is 8.82. The minimum Gasteiger partial charge on any atom is -0.373 e. The quantitative estimate of drug-likeness (QED) is 0.754. The number of nitrogens with zero attached hydrogens (tertiary/aromatic N) is 2. The maximum absolute atomic E-state index is 6.34. The number of hydrogen-bond donors (Lipinski definition) is 0. The highest BCUT2D eigenvalue weighted by molar-refractivity contribution is 6.37. The molecular weight excluding hydrogens is 307 g/mol. The second-order valence-corrected chi connectivity index (χ2v) is 6.11. The number of halogens is 2. The van der Waals surface area contributed by atoms with Gasteiger partial charge in [-0.15, -0.1) is 0 Å². The molecule has 1 heterocycles. The van der Waals surface area contributed by atoms with Crippen LogP contribution in [-0.2, 0) is 4.74 Å². The molecule has 1 aromatic carbocycles. The van der Waals surface area contributed by atoms with E-state index >= 15 is 0 Å². The van der Waals surface area contributed by atoms with Crippen LogP contribution in [0.25, 0.3) is 11.1 Å². The van der Waals surface area contributed by atoms with Crippen LogP contribution in [0.3, 0.4) is 0 Å². The van der Waals surface area contributed by atoms with Gasteiger partial charge in [-0.25, -0.2) is 9.97 Å². The lowest BCUT2D eigenvalue weighted by Crippen LogP contribution is -2.10. The molecule has 0 aliphatic heterocycles. The highest BCUT2D eigenvalue weighted by atomic mass is 35.5. The molecule has 1 aliphatic rings. The summed E-state index contributed by atoms with van der Waals surface area (Å²) >= 11 is 12.7. The molecule has 21 heavy (non-hydrogen) atoms. The zero-order chi connectivity index (χ0) is 15.0. The molecule has 0 radical (unpaired) electrons. The van der Waals surface area contributed by atoms with Gasteiger partial charge in [-0.3, -0.25) is 0 Å². The number of aryl methyl sites for hydroxylation is 1. The van der Waals surface area contributed by atoms with E-state index < -0.39 is 0 Å². The van der Waals surface area contributed by atoms with E-state index in [1.54, 1.807) is 7.11 Å². The molecule has 0 spiro atoms. The summed E-state index contributed by atoms with van der Waals surface area (Å²) in [6, 6.07) is 7.97. The summed E-state index contributed by atoms with van der Waals surface area (Å²) < 4.78 is 5.49. The van der Waals surface area contributed by atoms with Crippen molar-refractivity contribution in [2.24, 2.45) is 5.92 Å². The molecule has 0 amide bonds. The molecule has 1 aliphatic carbocycles. The molecule has 3 rings (SSSR count). The van der Waals surface area contributed by atoms with Crippen LogP contribution in [0, 0.1) is 12.8 Å². The first-order chi connectivity index (χ1) is 10.1. The monoisotopic (exact) mass is 322 g/mol.